The lowest BCUT2D eigenvalue weighted by molar-refractivity contribution is 0.182. The Morgan fingerprint density at radius 2 is 1.75 bits per heavy atom. The van der Waals surface area contributed by atoms with Crippen LogP contribution in [0.4, 0.5) is 0 Å². The molecule has 1 saturated carbocycles. The first kappa shape index (κ1) is 11.3. The molecule has 1 aromatic carbocycles. The highest BCUT2D eigenvalue weighted by Crippen LogP contribution is 2.39. The topological polar surface area (TPSA) is 60.7 Å². The Morgan fingerprint density at radius 3 is 2.31 bits per heavy atom. The van der Waals surface area contributed by atoms with Crippen LogP contribution in [-0.2, 0) is 0 Å². The number of hydrogen-bond donors (Lipinski definition) is 3. The SMILES string of the molecule is OCC1CCC(c2ccc(O)cc2O)CC1. The molecular weight excluding hydrogens is 204 g/mol. The summed E-state index contributed by atoms with van der Waals surface area (Å²) in [5.74, 6) is 1.08. The molecule has 1 aliphatic carbocycles. The number of rotatable bonds is 2. The average molecular weight is 222 g/mol. The van der Waals surface area contributed by atoms with Crippen molar-refractivity contribution in [2.75, 3.05) is 6.61 Å². The Labute approximate surface area is 95.4 Å². The standard InChI is InChI=1S/C13H18O3/c14-8-9-1-3-10(4-2-9)12-6-5-11(15)7-13(12)16/h5-7,9-10,14-16H,1-4,8H2. The first-order valence-corrected chi connectivity index (χ1v) is 5.83. The van der Waals surface area contributed by atoms with Gasteiger partial charge in [-0.1, -0.05) is 6.07 Å². The van der Waals surface area contributed by atoms with Gasteiger partial charge >= 0.3 is 0 Å². The predicted molar refractivity (Wildman–Crippen MR) is 61.6 cm³/mol. The molecule has 0 aliphatic heterocycles. The Balaban J connectivity index is 2.08. The molecule has 0 heterocycles. The number of phenolic OH excluding ortho intramolecular Hbond substituents is 2. The van der Waals surface area contributed by atoms with Crippen LogP contribution in [0.25, 0.3) is 0 Å². The molecule has 1 fully saturated rings. The summed E-state index contributed by atoms with van der Waals surface area (Å²) in [4.78, 5) is 0. The van der Waals surface area contributed by atoms with Crippen LogP contribution in [0, 0.1) is 5.92 Å². The van der Waals surface area contributed by atoms with Crippen molar-refractivity contribution in [3.8, 4) is 11.5 Å². The van der Waals surface area contributed by atoms with Gasteiger partial charge in [0.05, 0.1) is 0 Å². The van der Waals surface area contributed by atoms with Crippen molar-refractivity contribution in [1.82, 2.24) is 0 Å². The third-order valence-corrected chi connectivity index (χ3v) is 3.56. The summed E-state index contributed by atoms with van der Waals surface area (Å²) in [5, 5.41) is 28.0. The summed E-state index contributed by atoms with van der Waals surface area (Å²) in [6, 6.07) is 4.81. The van der Waals surface area contributed by atoms with Crippen LogP contribution in [0.3, 0.4) is 0 Å². The molecule has 1 aromatic rings. The zero-order chi connectivity index (χ0) is 11.5. The molecule has 1 aliphatic rings. The first-order valence-electron chi connectivity index (χ1n) is 5.83. The van der Waals surface area contributed by atoms with Gasteiger partial charge < -0.3 is 15.3 Å². The fourth-order valence-electron chi connectivity index (χ4n) is 2.53. The van der Waals surface area contributed by atoms with Gasteiger partial charge in [-0.2, -0.15) is 0 Å². The van der Waals surface area contributed by atoms with Crippen molar-refractivity contribution in [3.05, 3.63) is 23.8 Å². The summed E-state index contributed by atoms with van der Waals surface area (Å²) >= 11 is 0. The van der Waals surface area contributed by atoms with Gasteiger partial charge in [0.25, 0.3) is 0 Å². The molecule has 3 N–H and O–H groups in total. The summed E-state index contributed by atoms with van der Waals surface area (Å²) in [7, 11) is 0. The van der Waals surface area contributed by atoms with Crippen molar-refractivity contribution in [2.24, 2.45) is 5.92 Å². The van der Waals surface area contributed by atoms with Crippen LogP contribution in [0.1, 0.15) is 37.2 Å². The molecule has 0 unspecified atom stereocenters. The largest absolute Gasteiger partial charge is 0.508 e. The molecular formula is C13H18O3. The lowest BCUT2D eigenvalue weighted by Gasteiger charge is -2.27. The summed E-state index contributed by atoms with van der Waals surface area (Å²) in [6.07, 6.45) is 4.04. The molecule has 0 saturated heterocycles. The van der Waals surface area contributed by atoms with E-state index in [1.807, 2.05) is 0 Å². The molecule has 0 amide bonds. The minimum Gasteiger partial charge on any atom is -0.508 e. The smallest absolute Gasteiger partial charge is 0.122 e. The monoisotopic (exact) mass is 222 g/mol. The van der Waals surface area contributed by atoms with Crippen LogP contribution < -0.4 is 0 Å². The maximum absolute atomic E-state index is 9.76. The maximum Gasteiger partial charge on any atom is 0.122 e. The third-order valence-electron chi connectivity index (χ3n) is 3.56. The molecule has 3 heteroatoms. The van der Waals surface area contributed by atoms with Gasteiger partial charge in [-0.3, -0.25) is 0 Å². The maximum atomic E-state index is 9.76. The molecule has 0 atom stereocenters. The lowest BCUT2D eigenvalue weighted by Crippen LogP contribution is -2.16. The zero-order valence-corrected chi connectivity index (χ0v) is 9.26. The highest BCUT2D eigenvalue weighted by molar-refractivity contribution is 5.41. The van der Waals surface area contributed by atoms with Crippen LogP contribution >= 0.6 is 0 Å². The average Bonchev–Trinajstić information content (AvgIpc) is 2.29. The van der Waals surface area contributed by atoms with Crippen LogP contribution in [-0.4, -0.2) is 21.9 Å². The second-order valence-electron chi connectivity index (χ2n) is 4.64. The van der Waals surface area contributed by atoms with Crippen molar-refractivity contribution in [2.45, 2.75) is 31.6 Å². The van der Waals surface area contributed by atoms with E-state index in [2.05, 4.69) is 0 Å². The second kappa shape index (κ2) is 4.74. The van der Waals surface area contributed by atoms with Crippen LogP contribution in [0.5, 0.6) is 11.5 Å². The van der Waals surface area contributed by atoms with E-state index in [1.165, 1.54) is 6.07 Å². The van der Waals surface area contributed by atoms with Gasteiger partial charge in [0.2, 0.25) is 0 Å². The summed E-state index contributed by atoms with van der Waals surface area (Å²) < 4.78 is 0. The van der Waals surface area contributed by atoms with E-state index in [9.17, 15) is 10.2 Å². The van der Waals surface area contributed by atoms with E-state index in [1.54, 1.807) is 12.1 Å². The van der Waals surface area contributed by atoms with E-state index in [-0.39, 0.29) is 18.1 Å². The van der Waals surface area contributed by atoms with Gasteiger partial charge in [-0.25, -0.2) is 0 Å². The van der Waals surface area contributed by atoms with Crippen molar-refractivity contribution in [1.29, 1.82) is 0 Å². The number of aromatic hydroxyl groups is 2. The Kier molecular flexibility index (Phi) is 3.34. The van der Waals surface area contributed by atoms with E-state index in [0.29, 0.717) is 11.8 Å². The van der Waals surface area contributed by atoms with Crippen molar-refractivity contribution < 1.29 is 15.3 Å². The van der Waals surface area contributed by atoms with Gasteiger partial charge in [0.1, 0.15) is 11.5 Å². The molecule has 88 valence electrons. The number of hydrogen-bond acceptors (Lipinski definition) is 3. The molecule has 2 rings (SSSR count). The van der Waals surface area contributed by atoms with Crippen LogP contribution in [0.15, 0.2) is 18.2 Å². The quantitative estimate of drug-likeness (QED) is 0.720. The summed E-state index contributed by atoms with van der Waals surface area (Å²) in [6.45, 7) is 0.272. The fraction of sp³-hybridized carbons (Fsp3) is 0.538. The van der Waals surface area contributed by atoms with Gasteiger partial charge in [0, 0.05) is 12.7 Å². The van der Waals surface area contributed by atoms with Gasteiger partial charge in [-0.15, -0.1) is 0 Å². The third kappa shape index (κ3) is 2.30. The van der Waals surface area contributed by atoms with Crippen LogP contribution in [0.2, 0.25) is 0 Å². The molecule has 3 nitrogen and oxygen atoms in total. The predicted octanol–water partition coefficient (Wildman–Crippen LogP) is 2.36. The van der Waals surface area contributed by atoms with Gasteiger partial charge in [0.15, 0.2) is 0 Å². The summed E-state index contributed by atoms with van der Waals surface area (Å²) in [5.41, 5.74) is 0.925. The minimum atomic E-state index is 0.102. The normalized spacial score (nSPS) is 25.6. The highest BCUT2D eigenvalue weighted by atomic mass is 16.3. The molecule has 0 radical (unpaired) electrons. The highest BCUT2D eigenvalue weighted by Gasteiger charge is 2.23. The number of aliphatic hydroxyl groups excluding tert-OH is 1. The number of benzene rings is 1. The van der Waals surface area contributed by atoms with Crippen molar-refractivity contribution >= 4 is 0 Å². The molecule has 0 spiro atoms. The molecule has 0 bridgehead atoms. The van der Waals surface area contributed by atoms with Crippen molar-refractivity contribution in [3.63, 3.8) is 0 Å². The van der Waals surface area contributed by atoms with E-state index >= 15 is 0 Å². The molecule has 0 aromatic heterocycles. The molecule has 16 heavy (non-hydrogen) atoms. The Hall–Kier alpha value is -1.22. The minimum absolute atomic E-state index is 0.102. The lowest BCUT2D eigenvalue weighted by atomic mass is 9.79. The zero-order valence-electron chi connectivity index (χ0n) is 9.26. The fourth-order valence-corrected chi connectivity index (χ4v) is 2.53. The van der Waals surface area contributed by atoms with Gasteiger partial charge in [-0.05, 0) is 49.1 Å². The number of aliphatic hydroxyl groups is 1. The first-order chi connectivity index (χ1) is 7.70. The van der Waals surface area contributed by atoms with E-state index in [0.717, 1.165) is 31.2 Å². The van der Waals surface area contributed by atoms with E-state index in [4.69, 9.17) is 5.11 Å². The Bertz CT molecular complexity index is 354. The Morgan fingerprint density at radius 1 is 1.06 bits per heavy atom. The number of phenols is 2. The second-order valence-corrected chi connectivity index (χ2v) is 4.64. The van der Waals surface area contributed by atoms with E-state index < -0.39 is 0 Å².